The van der Waals surface area contributed by atoms with Gasteiger partial charge in [-0.3, -0.25) is 0 Å². The molecule has 2 rings (SSSR count). The summed E-state index contributed by atoms with van der Waals surface area (Å²) in [7, 11) is -1.21. The first-order chi connectivity index (χ1) is 15.9. The minimum absolute atomic E-state index is 0.325. The van der Waals surface area contributed by atoms with Gasteiger partial charge in [-0.05, 0) is 78.0 Å². The molecule has 1 atom stereocenters. The van der Waals surface area contributed by atoms with Crippen LogP contribution in [0.25, 0.3) is 11.1 Å². The molecule has 0 heterocycles. The highest BCUT2D eigenvalue weighted by atomic mass is 32.2. The van der Waals surface area contributed by atoms with E-state index in [1.165, 1.54) is 18.2 Å². The second kappa shape index (κ2) is 13.7. The van der Waals surface area contributed by atoms with Crippen LogP contribution in [0.1, 0.15) is 31.4 Å². The van der Waals surface area contributed by atoms with Crippen LogP contribution in [-0.2, 0) is 15.7 Å². The highest BCUT2D eigenvalue weighted by Gasteiger charge is 2.16. The van der Waals surface area contributed by atoms with Gasteiger partial charge in [-0.15, -0.1) is 0 Å². The molecule has 1 N–H and O–H groups in total. The smallest absolute Gasteiger partial charge is 0.123 e. The zero-order valence-corrected chi connectivity index (χ0v) is 20.2. The fourth-order valence-electron chi connectivity index (χ4n) is 3.50. The molecule has 0 fully saturated rings. The van der Waals surface area contributed by atoms with Crippen molar-refractivity contribution in [2.75, 3.05) is 30.9 Å². The number of rotatable bonds is 12. The largest absolute Gasteiger partial charge is 0.377 e. The van der Waals surface area contributed by atoms with Gasteiger partial charge in [0.1, 0.15) is 23.5 Å². The Hall–Kier alpha value is -2.83. The molecule has 0 saturated heterocycles. The third kappa shape index (κ3) is 7.91. The molecule has 3 nitrogen and oxygen atoms in total. The van der Waals surface area contributed by atoms with Crippen molar-refractivity contribution >= 4 is 27.8 Å². The van der Waals surface area contributed by atoms with Gasteiger partial charge < -0.3 is 9.46 Å². The van der Waals surface area contributed by atoms with E-state index < -0.39 is 17.7 Å². The Labute approximate surface area is 198 Å². The second-order valence-corrected chi connectivity index (χ2v) is 8.43. The summed E-state index contributed by atoms with van der Waals surface area (Å²) in [5.74, 6) is -0.325. The molecular formula is C27H31F2NO2S. The molecule has 0 aliphatic heterocycles. The number of anilines is 1. The van der Waals surface area contributed by atoms with E-state index in [4.69, 9.17) is 4.74 Å². The average molecular weight is 472 g/mol. The van der Waals surface area contributed by atoms with Crippen LogP contribution in [0.4, 0.5) is 14.5 Å². The zero-order chi connectivity index (χ0) is 24.2. The maximum Gasteiger partial charge on any atom is 0.123 e. The van der Waals surface area contributed by atoms with Gasteiger partial charge in [0.25, 0.3) is 0 Å². The predicted octanol–water partition coefficient (Wildman–Crippen LogP) is 6.90. The van der Waals surface area contributed by atoms with Crippen LogP contribution in [-0.4, -0.2) is 30.4 Å². The van der Waals surface area contributed by atoms with Crippen molar-refractivity contribution in [2.45, 2.75) is 20.3 Å². The van der Waals surface area contributed by atoms with Crippen molar-refractivity contribution in [2.24, 2.45) is 0 Å². The lowest BCUT2D eigenvalue weighted by Crippen LogP contribution is -2.04. The van der Waals surface area contributed by atoms with Gasteiger partial charge >= 0.3 is 0 Å². The molecule has 2 aromatic rings. The third-order valence-corrected chi connectivity index (χ3v) is 5.56. The Kier molecular flexibility index (Phi) is 10.9. The lowest BCUT2D eigenvalue weighted by Gasteiger charge is -2.20. The molecule has 0 bridgehead atoms. The van der Waals surface area contributed by atoms with Crippen LogP contribution in [0.5, 0.6) is 0 Å². The predicted molar refractivity (Wildman–Crippen MR) is 136 cm³/mol. The van der Waals surface area contributed by atoms with E-state index in [9.17, 15) is 13.0 Å². The minimum Gasteiger partial charge on any atom is -0.377 e. The topological polar surface area (TPSA) is 38.3 Å². The number of benzene rings is 2. The average Bonchev–Trinajstić information content (AvgIpc) is 2.80. The first-order valence-corrected chi connectivity index (χ1v) is 12.3. The molecule has 6 heteroatoms. The van der Waals surface area contributed by atoms with Gasteiger partial charge in [0, 0.05) is 18.6 Å². The van der Waals surface area contributed by atoms with Crippen molar-refractivity contribution in [1.82, 2.24) is 0 Å². The lowest BCUT2D eigenvalue weighted by molar-refractivity contribution is 0.172. The molecule has 0 saturated carbocycles. The van der Waals surface area contributed by atoms with Crippen LogP contribution >= 0.6 is 0 Å². The van der Waals surface area contributed by atoms with Gasteiger partial charge in [-0.1, -0.05) is 49.1 Å². The van der Waals surface area contributed by atoms with Gasteiger partial charge in [0.05, 0.1) is 6.61 Å². The van der Waals surface area contributed by atoms with Gasteiger partial charge in [0.15, 0.2) is 0 Å². The summed E-state index contributed by atoms with van der Waals surface area (Å²) in [6.45, 7) is 8.22. The Balaban J connectivity index is 2.80. The maximum atomic E-state index is 13.7. The van der Waals surface area contributed by atoms with E-state index in [2.05, 4.69) is 11.3 Å². The standard InChI is InChI=1S/C27H31F2NO2S/c1-5-21(19-32-6-2)26(12-7-8-17-28)27(22-13-15-24(29)16-14-22)20(3)23-10-9-11-25(18-23)30-33(4)31/h5,7-11,13-16,18,30H,1,6,12,17,19H2,2-4H3/b8-7-,26-21-,27-20-. The minimum atomic E-state index is -1.21. The van der Waals surface area contributed by atoms with Crippen LogP contribution in [0.3, 0.4) is 0 Å². The SMILES string of the molecule is C=C/C(COCC)=C(C/C=C\CF)/C(=C(/C)c1cccc(NS(C)=O)c1)c1ccc(F)cc1. The van der Waals surface area contributed by atoms with Gasteiger partial charge in [-0.2, -0.15) is 0 Å². The molecule has 0 radical (unpaired) electrons. The first kappa shape index (κ1) is 26.4. The van der Waals surface area contributed by atoms with Crippen molar-refractivity contribution in [1.29, 1.82) is 0 Å². The second-order valence-electron chi connectivity index (χ2n) is 7.32. The Morgan fingerprint density at radius 2 is 1.88 bits per heavy atom. The first-order valence-electron chi connectivity index (χ1n) is 10.7. The number of hydrogen-bond acceptors (Lipinski definition) is 2. The fourth-order valence-corrected chi connectivity index (χ4v) is 3.96. The van der Waals surface area contributed by atoms with E-state index in [1.807, 2.05) is 38.1 Å². The molecule has 0 amide bonds. The third-order valence-electron chi connectivity index (χ3n) is 5.04. The highest BCUT2D eigenvalue weighted by Crippen LogP contribution is 2.37. The number of halogens is 2. The summed E-state index contributed by atoms with van der Waals surface area (Å²) in [6.07, 6.45) is 7.03. The summed E-state index contributed by atoms with van der Waals surface area (Å²) >= 11 is 0. The summed E-state index contributed by atoms with van der Waals surface area (Å²) in [5, 5.41) is 0. The monoisotopic (exact) mass is 471 g/mol. The van der Waals surface area contributed by atoms with E-state index >= 15 is 0 Å². The van der Waals surface area contributed by atoms with E-state index in [-0.39, 0.29) is 5.82 Å². The molecule has 0 aromatic heterocycles. The molecule has 33 heavy (non-hydrogen) atoms. The molecule has 0 spiro atoms. The molecule has 0 aliphatic rings. The van der Waals surface area contributed by atoms with Gasteiger partial charge in [-0.25, -0.2) is 13.0 Å². The fraction of sp³-hybridized carbons (Fsp3) is 0.259. The number of hydrogen-bond donors (Lipinski definition) is 1. The summed E-state index contributed by atoms with van der Waals surface area (Å²) in [5.41, 5.74) is 6.09. The highest BCUT2D eigenvalue weighted by molar-refractivity contribution is 7.85. The Morgan fingerprint density at radius 3 is 2.48 bits per heavy atom. The summed E-state index contributed by atoms with van der Waals surface area (Å²) in [6, 6.07) is 13.9. The van der Waals surface area contributed by atoms with E-state index in [0.29, 0.717) is 19.6 Å². The molecule has 176 valence electrons. The van der Waals surface area contributed by atoms with Crippen molar-refractivity contribution < 1.29 is 17.7 Å². The van der Waals surface area contributed by atoms with Crippen LogP contribution < -0.4 is 4.72 Å². The summed E-state index contributed by atoms with van der Waals surface area (Å²) < 4.78 is 46.8. The Morgan fingerprint density at radius 1 is 1.15 bits per heavy atom. The van der Waals surface area contributed by atoms with E-state index in [1.54, 1.807) is 30.5 Å². The van der Waals surface area contributed by atoms with Crippen LogP contribution in [0, 0.1) is 5.82 Å². The normalized spacial score (nSPS) is 14.0. The lowest BCUT2D eigenvalue weighted by atomic mass is 9.86. The number of nitrogens with one attached hydrogen (secondary N) is 1. The van der Waals surface area contributed by atoms with Crippen molar-refractivity contribution in [3.8, 4) is 0 Å². The molecule has 0 aliphatic carbocycles. The van der Waals surface area contributed by atoms with E-state index in [0.717, 1.165) is 39.1 Å². The van der Waals surface area contributed by atoms with Gasteiger partial charge in [0.2, 0.25) is 0 Å². The number of alkyl halides is 1. The van der Waals surface area contributed by atoms with Crippen molar-refractivity contribution in [3.63, 3.8) is 0 Å². The Bertz CT molecular complexity index is 1060. The quantitative estimate of drug-likeness (QED) is 0.208. The molecule has 2 aromatic carbocycles. The van der Waals surface area contributed by atoms with Crippen LogP contribution in [0.15, 0.2) is 84.5 Å². The molecule has 1 unspecified atom stereocenters. The maximum absolute atomic E-state index is 13.7. The summed E-state index contributed by atoms with van der Waals surface area (Å²) in [4.78, 5) is 0. The molecular weight excluding hydrogens is 440 g/mol. The van der Waals surface area contributed by atoms with Crippen LogP contribution in [0.2, 0.25) is 0 Å². The zero-order valence-electron chi connectivity index (χ0n) is 19.4. The van der Waals surface area contributed by atoms with Crippen molar-refractivity contribution in [3.05, 3.63) is 101 Å². The number of ether oxygens (including phenoxy) is 1. The number of allylic oxidation sites excluding steroid dienone is 5.